The lowest BCUT2D eigenvalue weighted by Crippen LogP contribution is -2.36. The summed E-state index contributed by atoms with van der Waals surface area (Å²) in [5, 5.41) is 12.1. The number of rotatable bonds is 6. The number of carbonyl (C=O) groups is 2. The summed E-state index contributed by atoms with van der Waals surface area (Å²) in [5.74, 6) is -0.911. The van der Waals surface area contributed by atoms with E-state index in [9.17, 15) is 9.59 Å². The number of carboxylic acids is 1. The SMILES string of the molecule is [N-]=[N+]=NCCCC(=O)N1CCCC1CC(=O)O. The predicted molar refractivity (Wildman–Crippen MR) is 60.2 cm³/mol. The molecule has 0 aromatic rings. The van der Waals surface area contributed by atoms with Crippen LogP contribution in [0.4, 0.5) is 0 Å². The smallest absolute Gasteiger partial charge is 0.305 e. The first kappa shape index (κ1) is 13.3. The molecule has 17 heavy (non-hydrogen) atoms. The molecule has 94 valence electrons. The lowest BCUT2D eigenvalue weighted by Gasteiger charge is -2.23. The number of hydrogen-bond donors (Lipinski definition) is 1. The van der Waals surface area contributed by atoms with Gasteiger partial charge in [0.25, 0.3) is 0 Å². The molecule has 7 heteroatoms. The van der Waals surface area contributed by atoms with E-state index in [-0.39, 0.29) is 18.4 Å². The summed E-state index contributed by atoms with van der Waals surface area (Å²) in [4.78, 5) is 26.7. The van der Waals surface area contributed by atoms with Crippen molar-refractivity contribution in [2.45, 2.75) is 38.1 Å². The Hall–Kier alpha value is -1.75. The summed E-state index contributed by atoms with van der Waals surface area (Å²) >= 11 is 0. The van der Waals surface area contributed by atoms with Gasteiger partial charge in [-0.05, 0) is 24.8 Å². The lowest BCUT2D eigenvalue weighted by molar-refractivity contribution is -0.139. The summed E-state index contributed by atoms with van der Waals surface area (Å²) in [6.07, 6.45) is 2.46. The molecule has 1 atom stereocenters. The fourth-order valence-corrected chi connectivity index (χ4v) is 2.07. The van der Waals surface area contributed by atoms with Crippen molar-refractivity contribution in [3.8, 4) is 0 Å². The normalized spacial score (nSPS) is 18.8. The first-order valence-corrected chi connectivity index (χ1v) is 5.67. The number of hydrogen-bond acceptors (Lipinski definition) is 3. The van der Waals surface area contributed by atoms with E-state index in [1.54, 1.807) is 4.90 Å². The van der Waals surface area contributed by atoms with Gasteiger partial charge >= 0.3 is 5.97 Å². The molecule has 0 aliphatic carbocycles. The van der Waals surface area contributed by atoms with E-state index < -0.39 is 5.97 Å². The van der Waals surface area contributed by atoms with Gasteiger partial charge in [0.2, 0.25) is 5.91 Å². The molecule has 1 rings (SSSR count). The average Bonchev–Trinajstić information content (AvgIpc) is 2.71. The monoisotopic (exact) mass is 240 g/mol. The van der Waals surface area contributed by atoms with E-state index >= 15 is 0 Å². The van der Waals surface area contributed by atoms with Crippen molar-refractivity contribution in [3.63, 3.8) is 0 Å². The van der Waals surface area contributed by atoms with Crippen LogP contribution in [0.1, 0.15) is 32.1 Å². The van der Waals surface area contributed by atoms with E-state index in [0.717, 1.165) is 12.8 Å². The van der Waals surface area contributed by atoms with Crippen LogP contribution in [0.2, 0.25) is 0 Å². The number of aliphatic carboxylic acids is 1. The minimum absolute atomic E-state index is 0.0160. The van der Waals surface area contributed by atoms with Crippen molar-refractivity contribution in [2.75, 3.05) is 13.1 Å². The molecule has 1 amide bonds. The summed E-state index contributed by atoms with van der Waals surface area (Å²) in [6.45, 7) is 0.942. The second-order valence-corrected chi connectivity index (χ2v) is 4.04. The summed E-state index contributed by atoms with van der Waals surface area (Å²) in [6, 6.07) is -0.167. The standard InChI is InChI=1S/C10H16N4O3/c11-13-12-5-1-4-9(15)14-6-2-3-8(14)7-10(16)17/h8H,1-7H2,(H,16,17). The molecule has 0 saturated carbocycles. The zero-order valence-electron chi connectivity index (χ0n) is 9.58. The molecule has 0 bridgehead atoms. The van der Waals surface area contributed by atoms with Gasteiger partial charge < -0.3 is 10.0 Å². The zero-order valence-corrected chi connectivity index (χ0v) is 9.58. The van der Waals surface area contributed by atoms with Gasteiger partial charge in [-0.3, -0.25) is 9.59 Å². The molecule has 1 aliphatic rings. The van der Waals surface area contributed by atoms with Gasteiger partial charge in [0.15, 0.2) is 0 Å². The molecule has 1 heterocycles. The molecule has 0 radical (unpaired) electrons. The molecule has 0 aromatic carbocycles. The highest BCUT2D eigenvalue weighted by Gasteiger charge is 2.29. The molecule has 1 saturated heterocycles. The van der Waals surface area contributed by atoms with Gasteiger partial charge in [-0.15, -0.1) is 0 Å². The van der Waals surface area contributed by atoms with Crippen LogP contribution in [0.25, 0.3) is 10.4 Å². The van der Waals surface area contributed by atoms with E-state index in [0.29, 0.717) is 25.9 Å². The first-order valence-electron chi connectivity index (χ1n) is 5.67. The molecule has 1 unspecified atom stereocenters. The fourth-order valence-electron chi connectivity index (χ4n) is 2.07. The Bertz CT molecular complexity index is 338. The van der Waals surface area contributed by atoms with Crippen LogP contribution in [-0.4, -0.2) is 41.0 Å². The second kappa shape index (κ2) is 6.75. The summed E-state index contributed by atoms with van der Waals surface area (Å²) in [7, 11) is 0. The lowest BCUT2D eigenvalue weighted by atomic mass is 10.1. The number of nitrogens with zero attached hydrogens (tertiary/aromatic N) is 4. The van der Waals surface area contributed by atoms with Crippen LogP contribution in [0.15, 0.2) is 5.11 Å². The highest BCUT2D eigenvalue weighted by atomic mass is 16.4. The largest absolute Gasteiger partial charge is 0.481 e. The van der Waals surface area contributed by atoms with Gasteiger partial charge in [-0.25, -0.2) is 0 Å². The molecular weight excluding hydrogens is 224 g/mol. The van der Waals surface area contributed by atoms with E-state index in [2.05, 4.69) is 10.0 Å². The van der Waals surface area contributed by atoms with Crippen molar-refractivity contribution < 1.29 is 14.7 Å². The van der Waals surface area contributed by atoms with Gasteiger partial charge in [0.1, 0.15) is 0 Å². The minimum atomic E-state index is -0.871. The van der Waals surface area contributed by atoms with Crippen LogP contribution in [0.3, 0.4) is 0 Å². The Balaban J connectivity index is 2.38. The second-order valence-electron chi connectivity index (χ2n) is 4.04. The van der Waals surface area contributed by atoms with Gasteiger partial charge in [-0.2, -0.15) is 0 Å². The van der Waals surface area contributed by atoms with Gasteiger partial charge in [0.05, 0.1) is 6.42 Å². The quantitative estimate of drug-likeness (QED) is 0.329. The Morgan fingerprint density at radius 1 is 1.53 bits per heavy atom. The van der Waals surface area contributed by atoms with Crippen LogP contribution in [0, 0.1) is 0 Å². The van der Waals surface area contributed by atoms with Crippen molar-refractivity contribution in [3.05, 3.63) is 10.4 Å². The summed E-state index contributed by atoms with van der Waals surface area (Å²) < 4.78 is 0. The Kier molecular flexibility index (Phi) is 5.29. The Morgan fingerprint density at radius 2 is 2.29 bits per heavy atom. The highest BCUT2D eigenvalue weighted by Crippen LogP contribution is 2.21. The van der Waals surface area contributed by atoms with E-state index in [1.807, 2.05) is 0 Å². The first-order chi connectivity index (χ1) is 8.15. The third-order valence-corrected chi connectivity index (χ3v) is 2.82. The maximum atomic E-state index is 11.8. The van der Waals surface area contributed by atoms with E-state index in [1.165, 1.54) is 0 Å². The van der Waals surface area contributed by atoms with Crippen molar-refractivity contribution >= 4 is 11.9 Å². The van der Waals surface area contributed by atoms with Crippen LogP contribution < -0.4 is 0 Å². The number of azide groups is 1. The van der Waals surface area contributed by atoms with Gasteiger partial charge in [-0.1, -0.05) is 5.11 Å². The van der Waals surface area contributed by atoms with Crippen molar-refractivity contribution in [2.24, 2.45) is 5.11 Å². The highest BCUT2D eigenvalue weighted by molar-refractivity contribution is 5.78. The number of carboxylic acid groups (broad SMARTS) is 1. The van der Waals surface area contributed by atoms with Crippen LogP contribution >= 0.6 is 0 Å². The molecule has 0 spiro atoms. The molecule has 7 nitrogen and oxygen atoms in total. The van der Waals surface area contributed by atoms with E-state index in [4.69, 9.17) is 10.6 Å². The molecular formula is C10H16N4O3. The number of likely N-dealkylation sites (tertiary alicyclic amines) is 1. The number of carbonyl (C=O) groups excluding carboxylic acids is 1. The Morgan fingerprint density at radius 3 is 2.94 bits per heavy atom. The molecule has 1 aliphatic heterocycles. The molecule has 1 N–H and O–H groups in total. The summed E-state index contributed by atoms with van der Waals surface area (Å²) in [5.41, 5.74) is 8.08. The topological polar surface area (TPSA) is 106 Å². The van der Waals surface area contributed by atoms with Crippen LogP contribution in [0.5, 0.6) is 0 Å². The predicted octanol–water partition coefficient (Wildman–Crippen LogP) is 1.54. The third-order valence-electron chi connectivity index (χ3n) is 2.82. The maximum Gasteiger partial charge on any atom is 0.305 e. The van der Waals surface area contributed by atoms with Gasteiger partial charge in [0, 0.05) is 30.5 Å². The zero-order chi connectivity index (χ0) is 12.7. The molecule has 0 aromatic heterocycles. The molecule has 1 fully saturated rings. The number of amides is 1. The third kappa shape index (κ3) is 4.32. The fraction of sp³-hybridized carbons (Fsp3) is 0.800. The minimum Gasteiger partial charge on any atom is -0.481 e. The van der Waals surface area contributed by atoms with Crippen molar-refractivity contribution in [1.29, 1.82) is 0 Å². The van der Waals surface area contributed by atoms with Crippen LogP contribution in [-0.2, 0) is 9.59 Å². The Labute approximate surface area is 99.0 Å². The maximum absolute atomic E-state index is 11.8. The average molecular weight is 240 g/mol. The van der Waals surface area contributed by atoms with Crippen molar-refractivity contribution in [1.82, 2.24) is 4.90 Å².